The van der Waals surface area contributed by atoms with Crippen molar-refractivity contribution in [3.8, 4) is 0 Å². The molecular formula is C21H29FN2O5S. The molecule has 2 aliphatic rings. The van der Waals surface area contributed by atoms with Crippen LogP contribution >= 0.6 is 0 Å². The molecule has 7 nitrogen and oxygen atoms in total. The van der Waals surface area contributed by atoms with Crippen LogP contribution in [0.4, 0.5) is 4.39 Å². The third kappa shape index (κ3) is 5.37. The van der Waals surface area contributed by atoms with Gasteiger partial charge in [-0.25, -0.2) is 17.6 Å². The van der Waals surface area contributed by atoms with Gasteiger partial charge in [0, 0.05) is 19.1 Å². The summed E-state index contributed by atoms with van der Waals surface area (Å²) in [5.41, 5.74) is -0.107. The van der Waals surface area contributed by atoms with Crippen LogP contribution in [0.1, 0.15) is 68.6 Å². The minimum Gasteiger partial charge on any atom is -0.449 e. The topological polar surface area (TPSA) is 92.8 Å². The molecule has 0 bridgehead atoms. The summed E-state index contributed by atoms with van der Waals surface area (Å²) in [6.07, 6.45) is 6.42. The number of piperidine rings is 1. The number of nitrogens with one attached hydrogen (secondary N) is 1. The van der Waals surface area contributed by atoms with Crippen molar-refractivity contribution in [2.45, 2.75) is 75.3 Å². The van der Waals surface area contributed by atoms with Crippen LogP contribution in [-0.2, 0) is 19.6 Å². The largest absolute Gasteiger partial charge is 0.449 e. The number of halogens is 1. The summed E-state index contributed by atoms with van der Waals surface area (Å²) in [5, 5.41) is 2.88. The molecule has 0 spiro atoms. The highest BCUT2D eigenvalue weighted by molar-refractivity contribution is 7.89. The van der Waals surface area contributed by atoms with E-state index >= 15 is 0 Å². The summed E-state index contributed by atoms with van der Waals surface area (Å²) in [6.45, 7) is 2.12. The normalized spacial score (nSPS) is 19.8. The fourth-order valence-corrected chi connectivity index (χ4v) is 5.53. The molecule has 166 valence electrons. The summed E-state index contributed by atoms with van der Waals surface area (Å²) < 4.78 is 46.4. The number of benzene rings is 1. The Kier molecular flexibility index (Phi) is 7.46. The minimum absolute atomic E-state index is 0.0829. The molecule has 30 heavy (non-hydrogen) atoms. The average Bonchev–Trinajstić information content (AvgIpc) is 2.75. The molecule has 1 saturated heterocycles. The summed E-state index contributed by atoms with van der Waals surface area (Å²) in [6, 6.07) is 3.19. The second kappa shape index (κ2) is 9.87. The second-order valence-electron chi connectivity index (χ2n) is 8.00. The Morgan fingerprint density at radius 3 is 2.40 bits per heavy atom. The van der Waals surface area contributed by atoms with Gasteiger partial charge in [0.05, 0.1) is 5.56 Å². The Labute approximate surface area is 177 Å². The van der Waals surface area contributed by atoms with Crippen molar-refractivity contribution in [3.63, 3.8) is 0 Å². The highest BCUT2D eigenvalue weighted by Gasteiger charge is 2.30. The number of hydrogen-bond acceptors (Lipinski definition) is 5. The molecular weight excluding hydrogens is 411 g/mol. The van der Waals surface area contributed by atoms with Crippen molar-refractivity contribution in [3.05, 3.63) is 29.6 Å². The van der Waals surface area contributed by atoms with E-state index in [-0.39, 0.29) is 11.6 Å². The first-order valence-electron chi connectivity index (χ1n) is 10.6. The van der Waals surface area contributed by atoms with Gasteiger partial charge in [-0.05, 0) is 50.8 Å². The van der Waals surface area contributed by atoms with Crippen LogP contribution in [0, 0.1) is 5.82 Å². The number of ether oxygens (including phenoxy) is 1. The van der Waals surface area contributed by atoms with E-state index in [4.69, 9.17) is 4.74 Å². The molecule has 1 amide bonds. The van der Waals surface area contributed by atoms with Gasteiger partial charge in [0.2, 0.25) is 10.0 Å². The lowest BCUT2D eigenvalue weighted by atomic mass is 9.95. The molecule has 1 aliphatic heterocycles. The maximum atomic E-state index is 14.3. The number of carbonyl (C=O) groups excluding carboxylic acids is 2. The monoisotopic (exact) mass is 440 g/mol. The van der Waals surface area contributed by atoms with Gasteiger partial charge in [-0.15, -0.1) is 0 Å². The summed E-state index contributed by atoms with van der Waals surface area (Å²) >= 11 is 0. The first kappa shape index (κ1) is 22.7. The number of nitrogens with zero attached hydrogens (tertiary/aromatic N) is 1. The van der Waals surface area contributed by atoms with Crippen molar-refractivity contribution in [2.24, 2.45) is 0 Å². The molecule has 1 atom stereocenters. The zero-order valence-electron chi connectivity index (χ0n) is 17.2. The lowest BCUT2D eigenvalue weighted by molar-refractivity contribution is -0.130. The zero-order valence-corrected chi connectivity index (χ0v) is 18.0. The molecule has 0 radical (unpaired) electrons. The van der Waals surface area contributed by atoms with E-state index in [0.29, 0.717) is 13.1 Å². The molecule has 3 rings (SSSR count). The Hall–Kier alpha value is -2.00. The van der Waals surface area contributed by atoms with E-state index in [1.54, 1.807) is 0 Å². The standard InChI is InChI=1S/C21H29FN2O5S/c1-15(20(25)23-17-8-4-2-5-9-17)29-21(26)16-10-11-18(22)19(14-16)30(27,28)24-12-6-3-7-13-24/h10-11,14-15,17H,2-9,12-13H2,1H3,(H,23,25). The predicted octanol–water partition coefficient (Wildman–Crippen LogP) is 2.99. The highest BCUT2D eigenvalue weighted by atomic mass is 32.2. The van der Waals surface area contributed by atoms with Crippen LogP contribution in [0.2, 0.25) is 0 Å². The van der Waals surface area contributed by atoms with Crippen LogP contribution in [0.3, 0.4) is 0 Å². The zero-order chi connectivity index (χ0) is 21.7. The Balaban J connectivity index is 1.68. The second-order valence-corrected chi connectivity index (χ2v) is 9.91. The Morgan fingerprint density at radius 1 is 1.10 bits per heavy atom. The van der Waals surface area contributed by atoms with Crippen LogP contribution in [-0.4, -0.2) is 49.8 Å². The average molecular weight is 441 g/mol. The van der Waals surface area contributed by atoms with Gasteiger partial charge >= 0.3 is 5.97 Å². The van der Waals surface area contributed by atoms with Crippen LogP contribution < -0.4 is 5.32 Å². The van der Waals surface area contributed by atoms with Crippen LogP contribution in [0.25, 0.3) is 0 Å². The number of sulfonamides is 1. The fraction of sp³-hybridized carbons (Fsp3) is 0.619. The number of hydrogen-bond donors (Lipinski definition) is 1. The smallest absolute Gasteiger partial charge is 0.338 e. The third-order valence-electron chi connectivity index (χ3n) is 5.70. The van der Waals surface area contributed by atoms with Gasteiger partial charge in [-0.2, -0.15) is 4.31 Å². The lowest BCUT2D eigenvalue weighted by Gasteiger charge is -2.26. The molecule has 1 aromatic carbocycles. The molecule has 1 heterocycles. The molecule has 0 aromatic heterocycles. The minimum atomic E-state index is -4.04. The number of carbonyl (C=O) groups is 2. The predicted molar refractivity (Wildman–Crippen MR) is 109 cm³/mol. The summed E-state index contributed by atoms with van der Waals surface area (Å²) in [5.74, 6) is -2.17. The van der Waals surface area contributed by atoms with Crippen molar-refractivity contribution in [2.75, 3.05) is 13.1 Å². The van der Waals surface area contributed by atoms with E-state index in [1.807, 2.05) is 0 Å². The van der Waals surface area contributed by atoms with E-state index in [1.165, 1.54) is 17.3 Å². The van der Waals surface area contributed by atoms with Gasteiger partial charge in [-0.1, -0.05) is 25.7 Å². The molecule has 1 aromatic rings. The van der Waals surface area contributed by atoms with Gasteiger partial charge in [0.1, 0.15) is 10.7 Å². The number of rotatable bonds is 6. The van der Waals surface area contributed by atoms with Gasteiger partial charge in [-0.3, -0.25) is 4.79 Å². The number of amides is 1. The molecule has 1 unspecified atom stereocenters. The van der Waals surface area contributed by atoms with E-state index in [2.05, 4.69) is 5.32 Å². The van der Waals surface area contributed by atoms with Crippen LogP contribution in [0.15, 0.2) is 23.1 Å². The highest BCUT2D eigenvalue weighted by Crippen LogP contribution is 2.24. The first-order valence-corrected chi connectivity index (χ1v) is 12.0. The van der Waals surface area contributed by atoms with Crippen molar-refractivity contribution in [1.82, 2.24) is 9.62 Å². The summed E-state index contributed by atoms with van der Waals surface area (Å²) in [4.78, 5) is 24.3. The quantitative estimate of drug-likeness (QED) is 0.687. The Bertz CT molecular complexity index is 877. The van der Waals surface area contributed by atoms with Crippen molar-refractivity contribution < 1.29 is 27.1 Å². The van der Waals surface area contributed by atoms with Gasteiger partial charge in [0.15, 0.2) is 6.10 Å². The van der Waals surface area contributed by atoms with Crippen LogP contribution in [0.5, 0.6) is 0 Å². The van der Waals surface area contributed by atoms with E-state index in [9.17, 15) is 22.4 Å². The van der Waals surface area contributed by atoms with E-state index < -0.39 is 38.7 Å². The SMILES string of the molecule is CC(OC(=O)c1ccc(F)c(S(=O)(=O)N2CCCCC2)c1)C(=O)NC1CCCCC1. The fourth-order valence-electron chi connectivity index (χ4n) is 3.92. The molecule has 9 heteroatoms. The lowest BCUT2D eigenvalue weighted by Crippen LogP contribution is -2.42. The van der Waals surface area contributed by atoms with Crippen molar-refractivity contribution >= 4 is 21.9 Å². The maximum absolute atomic E-state index is 14.3. The van der Waals surface area contributed by atoms with Crippen molar-refractivity contribution in [1.29, 1.82) is 0 Å². The van der Waals surface area contributed by atoms with E-state index in [0.717, 1.165) is 63.5 Å². The molecule has 1 saturated carbocycles. The third-order valence-corrected chi connectivity index (χ3v) is 7.62. The molecule has 2 fully saturated rings. The van der Waals surface area contributed by atoms with Gasteiger partial charge in [0.25, 0.3) is 5.91 Å². The number of esters is 1. The summed E-state index contributed by atoms with van der Waals surface area (Å²) in [7, 11) is -4.04. The maximum Gasteiger partial charge on any atom is 0.338 e. The molecule has 1 aliphatic carbocycles. The molecule has 1 N–H and O–H groups in total. The Morgan fingerprint density at radius 2 is 1.73 bits per heavy atom. The first-order chi connectivity index (χ1) is 14.3. The van der Waals surface area contributed by atoms with Gasteiger partial charge < -0.3 is 10.1 Å².